The van der Waals surface area contributed by atoms with Gasteiger partial charge in [0.1, 0.15) is 0 Å². The van der Waals surface area contributed by atoms with Crippen molar-refractivity contribution < 1.29 is 9.72 Å². The lowest BCUT2D eigenvalue weighted by atomic mass is 10.1. The number of halogens is 1. The second-order valence-corrected chi connectivity index (χ2v) is 4.85. The van der Waals surface area contributed by atoms with E-state index in [0.717, 1.165) is 6.07 Å². The summed E-state index contributed by atoms with van der Waals surface area (Å²) in [5, 5.41) is 19.6. The third-order valence-electron chi connectivity index (χ3n) is 3.06. The van der Waals surface area contributed by atoms with E-state index >= 15 is 0 Å². The van der Waals surface area contributed by atoms with Gasteiger partial charge in [-0.15, -0.1) is 0 Å². The van der Waals surface area contributed by atoms with E-state index < -0.39 is 10.8 Å². The standard InChI is InChI=1S/C15H10ClN3O3/c1-18(11-4-2-3-10(7-11)9-17)15(20)13-6-5-12(19(21)22)8-14(13)16/h2-8H,1H3. The number of carbonyl (C=O) groups is 1. The molecule has 0 fully saturated rings. The average molecular weight is 316 g/mol. The predicted octanol–water partition coefficient (Wildman–Crippen LogP) is 3.40. The van der Waals surface area contributed by atoms with Gasteiger partial charge in [-0.3, -0.25) is 14.9 Å². The molecule has 0 N–H and O–H groups in total. The van der Waals surface area contributed by atoms with Gasteiger partial charge in [0.2, 0.25) is 0 Å². The van der Waals surface area contributed by atoms with Crippen LogP contribution in [0.15, 0.2) is 42.5 Å². The molecule has 0 saturated heterocycles. The number of rotatable bonds is 3. The van der Waals surface area contributed by atoms with Crippen molar-refractivity contribution in [2.45, 2.75) is 0 Å². The van der Waals surface area contributed by atoms with E-state index in [0.29, 0.717) is 11.3 Å². The molecule has 0 heterocycles. The Labute approximate surface area is 131 Å². The molecule has 2 aromatic rings. The summed E-state index contributed by atoms with van der Waals surface area (Å²) in [5.74, 6) is -0.421. The van der Waals surface area contributed by atoms with Crippen molar-refractivity contribution in [2.24, 2.45) is 0 Å². The zero-order valence-corrected chi connectivity index (χ0v) is 12.2. The molecule has 0 unspecified atom stereocenters. The molecule has 110 valence electrons. The van der Waals surface area contributed by atoms with Crippen LogP contribution in [0, 0.1) is 21.4 Å². The number of anilines is 1. The van der Waals surface area contributed by atoms with Gasteiger partial charge in [0, 0.05) is 24.9 Å². The fourth-order valence-corrected chi connectivity index (χ4v) is 2.13. The first-order valence-electron chi connectivity index (χ1n) is 6.16. The van der Waals surface area contributed by atoms with Gasteiger partial charge >= 0.3 is 0 Å². The molecule has 0 radical (unpaired) electrons. The Morgan fingerprint density at radius 1 is 1.32 bits per heavy atom. The summed E-state index contributed by atoms with van der Waals surface area (Å²) in [5.41, 5.74) is 0.915. The van der Waals surface area contributed by atoms with Crippen molar-refractivity contribution in [2.75, 3.05) is 11.9 Å². The van der Waals surface area contributed by atoms with Crippen LogP contribution in [0.3, 0.4) is 0 Å². The van der Waals surface area contributed by atoms with Crippen LogP contribution in [-0.2, 0) is 0 Å². The third-order valence-corrected chi connectivity index (χ3v) is 3.37. The van der Waals surface area contributed by atoms with E-state index in [-0.39, 0.29) is 16.3 Å². The van der Waals surface area contributed by atoms with Gasteiger partial charge in [-0.2, -0.15) is 5.26 Å². The number of nitriles is 1. The highest BCUT2D eigenvalue weighted by Gasteiger charge is 2.19. The molecule has 0 aromatic heterocycles. The number of non-ortho nitro benzene ring substituents is 1. The van der Waals surface area contributed by atoms with Crippen molar-refractivity contribution in [3.63, 3.8) is 0 Å². The highest BCUT2D eigenvalue weighted by Crippen LogP contribution is 2.25. The number of nitro groups is 1. The molecule has 1 amide bonds. The van der Waals surface area contributed by atoms with Crippen LogP contribution in [0.5, 0.6) is 0 Å². The summed E-state index contributed by atoms with van der Waals surface area (Å²) in [6, 6.07) is 12.2. The Bertz CT molecular complexity index is 799. The van der Waals surface area contributed by atoms with Gasteiger partial charge in [-0.25, -0.2) is 0 Å². The van der Waals surface area contributed by atoms with Gasteiger partial charge in [0.25, 0.3) is 11.6 Å². The molecule has 0 aliphatic rings. The number of nitrogens with zero attached hydrogens (tertiary/aromatic N) is 3. The number of amides is 1. The Hall–Kier alpha value is -2.91. The van der Waals surface area contributed by atoms with E-state index in [1.807, 2.05) is 6.07 Å². The second kappa shape index (κ2) is 6.24. The summed E-state index contributed by atoms with van der Waals surface area (Å²) >= 11 is 5.95. The normalized spacial score (nSPS) is 9.86. The SMILES string of the molecule is CN(C(=O)c1ccc([N+](=O)[O-])cc1Cl)c1cccc(C#N)c1. The molecule has 0 saturated carbocycles. The van der Waals surface area contributed by atoms with Crippen molar-refractivity contribution in [3.05, 3.63) is 68.7 Å². The number of hydrogen-bond acceptors (Lipinski definition) is 4. The highest BCUT2D eigenvalue weighted by atomic mass is 35.5. The Kier molecular flexibility index (Phi) is 4.39. The Balaban J connectivity index is 2.35. The maximum Gasteiger partial charge on any atom is 0.270 e. The first-order chi connectivity index (χ1) is 10.4. The predicted molar refractivity (Wildman–Crippen MR) is 82.0 cm³/mol. The fraction of sp³-hybridized carbons (Fsp3) is 0.0667. The van der Waals surface area contributed by atoms with Crippen molar-refractivity contribution in [1.82, 2.24) is 0 Å². The molecule has 0 atom stereocenters. The van der Waals surface area contributed by atoms with Crippen LogP contribution >= 0.6 is 11.6 Å². The van der Waals surface area contributed by atoms with Gasteiger partial charge in [0.15, 0.2) is 0 Å². The summed E-state index contributed by atoms with van der Waals surface area (Å²) in [6.07, 6.45) is 0. The lowest BCUT2D eigenvalue weighted by molar-refractivity contribution is -0.384. The summed E-state index contributed by atoms with van der Waals surface area (Å²) in [7, 11) is 1.54. The Morgan fingerprint density at radius 2 is 2.05 bits per heavy atom. The lowest BCUT2D eigenvalue weighted by Gasteiger charge is -2.18. The minimum Gasteiger partial charge on any atom is -0.311 e. The first kappa shape index (κ1) is 15.5. The molecule has 7 heteroatoms. The van der Waals surface area contributed by atoms with Gasteiger partial charge in [0.05, 0.1) is 27.1 Å². The van der Waals surface area contributed by atoms with Crippen molar-refractivity contribution >= 4 is 28.9 Å². The quantitative estimate of drug-likeness (QED) is 0.641. The molecule has 22 heavy (non-hydrogen) atoms. The summed E-state index contributed by atoms with van der Waals surface area (Å²) in [4.78, 5) is 23.9. The molecule has 2 rings (SSSR count). The summed E-state index contributed by atoms with van der Waals surface area (Å²) in [6.45, 7) is 0. The second-order valence-electron chi connectivity index (χ2n) is 4.45. The fourth-order valence-electron chi connectivity index (χ4n) is 1.87. The van der Waals surface area contributed by atoms with E-state index in [9.17, 15) is 14.9 Å². The molecule has 0 aliphatic carbocycles. The number of carbonyl (C=O) groups excluding carboxylic acids is 1. The number of benzene rings is 2. The van der Waals surface area contributed by atoms with Crippen LogP contribution in [0.4, 0.5) is 11.4 Å². The van der Waals surface area contributed by atoms with Crippen molar-refractivity contribution in [1.29, 1.82) is 5.26 Å². The molecular formula is C15H10ClN3O3. The average Bonchev–Trinajstić information content (AvgIpc) is 2.53. The molecule has 0 spiro atoms. The van der Waals surface area contributed by atoms with Gasteiger partial charge < -0.3 is 4.90 Å². The maximum absolute atomic E-state index is 12.4. The zero-order valence-electron chi connectivity index (χ0n) is 11.5. The van der Waals surface area contributed by atoms with E-state index in [1.54, 1.807) is 24.3 Å². The van der Waals surface area contributed by atoms with Crippen molar-refractivity contribution in [3.8, 4) is 6.07 Å². The van der Waals surface area contributed by atoms with Crippen LogP contribution in [-0.4, -0.2) is 17.9 Å². The monoisotopic (exact) mass is 315 g/mol. The van der Waals surface area contributed by atoms with E-state index in [4.69, 9.17) is 16.9 Å². The zero-order chi connectivity index (χ0) is 16.3. The van der Waals surface area contributed by atoms with Crippen LogP contribution < -0.4 is 4.90 Å². The topological polar surface area (TPSA) is 87.2 Å². The summed E-state index contributed by atoms with van der Waals surface area (Å²) < 4.78 is 0. The third kappa shape index (κ3) is 3.05. The van der Waals surface area contributed by atoms with Gasteiger partial charge in [-0.1, -0.05) is 17.7 Å². The number of nitro benzene ring substituents is 1. The molecule has 0 aliphatic heterocycles. The molecule has 2 aromatic carbocycles. The molecule has 0 bridgehead atoms. The Morgan fingerprint density at radius 3 is 2.64 bits per heavy atom. The smallest absolute Gasteiger partial charge is 0.270 e. The maximum atomic E-state index is 12.4. The van der Waals surface area contributed by atoms with E-state index in [1.165, 1.54) is 24.1 Å². The van der Waals surface area contributed by atoms with Gasteiger partial charge in [-0.05, 0) is 24.3 Å². The van der Waals surface area contributed by atoms with Crippen LogP contribution in [0.1, 0.15) is 15.9 Å². The number of hydrogen-bond donors (Lipinski definition) is 0. The molecular weight excluding hydrogens is 306 g/mol. The minimum absolute atomic E-state index is 0.00230. The van der Waals surface area contributed by atoms with Crippen LogP contribution in [0.25, 0.3) is 0 Å². The first-order valence-corrected chi connectivity index (χ1v) is 6.54. The lowest BCUT2D eigenvalue weighted by Crippen LogP contribution is -2.26. The van der Waals surface area contributed by atoms with E-state index in [2.05, 4.69) is 0 Å². The largest absolute Gasteiger partial charge is 0.311 e. The van der Waals surface area contributed by atoms with Crippen LogP contribution in [0.2, 0.25) is 5.02 Å². The highest BCUT2D eigenvalue weighted by molar-refractivity contribution is 6.34. The minimum atomic E-state index is -0.583. The molecule has 6 nitrogen and oxygen atoms in total.